The lowest BCUT2D eigenvalue weighted by molar-refractivity contribution is 0.413. The number of methoxy groups -OCH3 is 1. The van der Waals surface area contributed by atoms with E-state index in [1.165, 1.54) is 0 Å². The van der Waals surface area contributed by atoms with Crippen LogP contribution in [0.2, 0.25) is 0 Å². The van der Waals surface area contributed by atoms with Gasteiger partial charge in [0, 0.05) is 22.9 Å². The van der Waals surface area contributed by atoms with Gasteiger partial charge in [0.1, 0.15) is 11.5 Å². The first-order valence-corrected chi connectivity index (χ1v) is 7.22. The van der Waals surface area contributed by atoms with Crippen LogP contribution in [0.25, 0.3) is 0 Å². The average molecular weight is 312 g/mol. The molecule has 1 aliphatic heterocycles. The standard InChI is InChI=1S/C17H14ClN3O/c1-3-5-11-7-8-12(14(10-11)22-2)15-13-6-4-9-19-16(13)17(18)21-20-15/h4,6-10,17,21H,1-2H3. The van der Waals surface area contributed by atoms with Crippen molar-refractivity contribution in [3.8, 4) is 17.6 Å². The molecule has 0 saturated heterocycles. The average Bonchev–Trinajstić information content (AvgIpc) is 2.56. The zero-order valence-electron chi connectivity index (χ0n) is 12.2. The number of alkyl halides is 1. The fourth-order valence-electron chi connectivity index (χ4n) is 2.38. The SMILES string of the molecule is CC#Cc1ccc(C2=NNC(Cl)c3ncccc32)c(OC)c1. The molecule has 4 nitrogen and oxygen atoms in total. The number of nitrogens with zero attached hydrogens (tertiary/aromatic N) is 2. The number of nitrogens with one attached hydrogen (secondary N) is 1. The van der Waals surface area contributed by atoms with E-state index >= 15 is 0 Å². The van der Waals surface area contributed by atoms with Gasteiger partial charge in [-0.15, -0.1) is 5.92 Å². The van der Waals surface area contributed by atoms with E-state index in [0.717, 1.165) is 28.1 Å². The minimum atomic E-state index is -0.434. The summed E-state index contributed by atoms with van der Waals surface area (Å²) in [5.74, 6) is 6.61. The van der Waals surface area contributed by atoms with Crippen LogP contribution in [0.3, 0.4) is 0 Å². The van der Waals surface area contributed by atoms with E-state index in [1.54, 1.807) is 20.2 Å². The normalized spacial score (nSPS) is 15.8. The smallest absolute Gasteiger partial charge is 0.160 e. The molecule has 0 spiro atoms. The Morgan fingerprint density at radius 2 is 2.14 bits per heavy atom. The maximum atomic E-state index is 6.21. The van der Waals surface area contributed by atoms with Crippen LogP contribution in [0.1, 0.15) is 34.8 Å². The fraction of sp³-hybridized carbons (Fsp3) is 0.176. The highest BCUT2D eigenvalue weighted by Gasteiger charge is 2.24. The maximum absolute atomic E-state index is 6.21. The third-order valence-corrected chi connectivity index (χ3v) is 3.65. The van der Waals surface area contributed by atoms with Crippen LogP contribution in [0.15, 0.2) is 41.6 Å². The molecular weight excluding hydrogens is 298 g/mol. The number of pyridine rings is 1. The summed E-state index contributed by atoms with van der Waals surface area (Å²) in [5, 5.41) is 4.38. The number of halogens is 1. The fourth-order valence-corrected chi connectivity index (χ4v) is 2.60. The predicted molar refractivity (Wildman–Crippen MR) is 87.2 cm³/mol. The van der Waals surface area contributed by atoms with Gasteiger partial charge in [0.15, 0.2) is 5.50 Å². The first-order valence-electron chi connectivity index (χ1n) is 6.78. The van der Waals surface area contributed by atoms with Crippen LogP contribution in [-0.4, -0.2) is 17.8 Å². The summed E-state index contributed by atoms with van der Waals surface area (Å²) in [6, 6.07) is 9.62. The van der Waals surface area contributed by atoms with Crippen molar-refractivity contribution in [2.75, 3.05) is 7.11 Å². The molecule has 1 unspecified atom stereocenters. The van der Waals surface area contributed by atoms with Gasteiger partial charge < -0.3 is 4.74 Å². The number of aromatic nitrogens is 1. The van der Waals surface area contributed by atoms with Gasteiger partial charge in [0.25, 0.3) is 0 Å². The molecule has 0 saturated carbocycles. The topological polar surface area (TPSA) is 46.5 Å². The third kappa shape index (κ3) is 2.51. The van der Waals surface area contributed by atoms with E-state index in [1.807, 2.05) is 30.3 Å². The van der Waals surface area contributed by atoms with Crippen molar-refractivity contribution in [3.63, 3.8) is 0 Å². The molecule has 1 aromatic heterocycles. The van der Waals surface area contributed by atoms with Crippen LogP contribution >= 0.6 is 11.6 Å². The summed E-state index contributed by atoms with van der Waals surface area (Å²) in [5.41, 5.74) is 6.63. The monoisotopic (exact) mass is 311 g/mol. The second kappa shape index (κ2) is 6.08. The Hall–Kier alpha value is -2.51. The van der Waals surface area contributed by atoms with Crippen molar-refractivity contribution in [2.24, 2.45) is 5.10 Å². The second-order valence-corrected chi connectivity index (χ2v) is 5.11. The molecule has 1 N–H and O–H groups in total. The summed E-state index contributed by atoms with van der Waals surface area (Å²) in [6.07, 6.45) is 1.72. The van der Waals surface area contributed by atoms with Gasteiger partial charge in [-0.2, -0.15) is 5.10 Å². The van der Waals surface area contributed by atoms with E-state index in [0.29, 0.717) is 5.75 Å². The minimum Gasteiger partial charge on any atom is -0.496 e. The molecule has 1 atom stereocenters. The van der Waals surface area contributed by atoms with E-state index in [9.17, 15) is 0 Å². The van der Waals surface area contributed by atoms with Crippen LogP contribution < -0.4 is 10.2 Å². The third-order valence-electron chi connectivity index (χ3n) is 3.35. The highest BCUT2D eigenvalue weighted by Crippen LogP contribution is 2.30. The van der Waals surface area contributed by atoms with Gasteiger partial charge in [-0.3, -0.25) is 10.4 Å². The van der Waals surface area contributed by atoms with Crippen molar-refractivity contribution >= 4 is 17.3 Å². The zero-order chi connectivity index (χ0) is 15.5. The van der Waals surface area contributed by atoms with Gasteiger partial charge in [0.05, 0.1) is 12.8 Å². The van der Waals surface area contributed by atoms with Crippen molar-refractivity contribution in [1.82, 2.24) is 10.4 Å². The summed E-state index contributed by atoms with van der Waals surface area (Å²) in [7, 11) is 1.63. The second-order valence-electron chi connectivity index (χ2n) is 4.68. The lowest BCUT2D eigenvalue weighted by Crippen LogP contribution is -2.25. The molecule has 5 heteroatoms. The Balaban J connectivity index is 2.13. The molecule has 0 amide bonds. The Labute approximate surface area is 134 Å². The van der Waals surface area contributed by atoms with Crippen molar-refractivity contribution in [3.05, 3.63) is 58.9 Å². The number of ether oxygens (including phenoxy) is 1. The molecule has 2 heterocycles. The quantitative estimate of drug-likeness (QED) is 0.527. The highest BCUT2D eigenvalue weighted by molar-refractivity contribution is 6.23. The van der Waals surface area contributed by atoms with Crippen LogP contribution in [0, 0.1) is 11.8 Å². The first-order chi connectivity index (χ1) is 10.7. The van der Waals surface area contributed by atoms with Crippen molar-refractivity contribution in [1.29, 1.82) is 0 Å². The molecule has 1 aliphatic rings. The van der Waals surface area contributed by atoms with Crippen LogP contribution in [-0.2, 0) is 0 Å². The van der Waals surface area contributed by atoms with Gasteiger partial charge in [-0.1, -0.05) is 17.5 Å². The van der Waals surface area contributed by atoms with Gasteiger partial charge >= 0.3 is 0 Å². The maximum Gasteiger partial charge on any atom is 0.160 e. The van der Waals surface area contributed by atoms with E-state index in [4.69, 9.17) is 16.3 Å². The Morgan fingerprint density at radius 3 is 2.91 bits per heavy atom. The molecule has 110 valence electrons. The summed E-state index contributed by atoms with van der Waals surface area (Å²) in [6.45, 7) is 1.80. The number of rotatable bonds is 2. The molecule has 3 rings (SSSR count). The Morgan fingerprint density at radius 1 is 1.27 bits per heavy atom. The van der Waals surface area contributed by atoms with Gasteiger partial charge in [0.2, 0.25) is 0 Å². The number of hydrazone groups is 1. The number of hydrogen-bond acceptors (Lipinski definition) is 4. The molecule has 22 heavy (non-hydrogen) atoms. The van der Waals surface area contributed by atoms with Crippen molar-refractivity contribution in [2.45, 2.75) is 12.4 Å². The first kappa shape index (κ1) is 14.4. The molecule has 0 radical (unpaired) electrons. The molecule has 0 fully saturated rings. The molecule has 0 bridgehead atoms. The number of fused-ring (bicyclic) bond motifs is 1. The molecule has 1 aromatic carbocycles. The number of hydrogen-bond donors (Lipinski definition) is 1. The lowest BCUT2D eigenvalue weighted by atomic mass is 9.98. The van der Waals surface area contributed by atoms with Crippen LogP contribution in [0.5, 0.6) is 5.75 Å². The van der Waals surface area contributed by atoms with Gasteiger partial charge in [-0.05, 0) is 37.3 Å². The zero-order valence-corrected chi connectivity index (χ0v) is 13.0. The van der Waals surface area contributed by atoms with E-state index in [-0.39, 0.29) is 0 Å². The molecule has 0 aliphatic carbocycles. The van der Waals surface area contributed by atoms with Crippen LogP contribution in [0.4, 0.5) is 0 Å². The Kier molecular flexibility index (Phi) is 3.99. The minimum absolute atomic E-state index is 0.434. The predicted octanol–water partition coefficient (Wildman–Crippen LogP) is 3.05. The number of benzene rings is 1. The van der Waals surface area contributed by atoms with E-state index in [2.05, 4.69) is 27.4 Å². The summed E-state index contributed by atoms with van der Waals surface area (Å²) >= 11 is 6.21. The largest absolute Gasteiger partial charge is 0.496 e. The summed E-state index contributed by atoms with van der Waals surface area (Å²) < 4.78 is 5.50. The molecular formula is C17H14ClN3O. The lowest BCUT2D eigenvalue weighted by Gasteiger charge is -2.21. The van der Waals surface area contributed by atoms with Gasteiger partial charge in [-0.25, -0.2) is 0 Å². The Bertz CT molecular complexity index is 805. The summed E-state index contributed by atoms with van der Waals surface area (Å²) in [4.78, 5) is 4.34. The van der Waals surface area contributed by atoms with E-state index < -0.39 is 5.50 Å². The molecule has 2 aromatic rings. The van der Waals surface area contributed by atoms with Crippen molar-refractivity contribution < 1.29 is 4.74 Å². The highest BCUT2D eigenvalue weighted by atomic mass is 35.5.